The lowest BCUT2D eigenvalue weighted by molar-refractivity contribution is 0.120. The zero-order chi connectivity index (χ0) is 11.1. The Balaban J connectivity index is 1.72. The van der Waals surface area contributed by atoms with E-state index in [1.54, 1.807) is 0 Å². The smallest absolute Gasteiger partial charge is 0.107 e. The molecule has 2 fully saturated rings. The highest BCUT2D eigenvalue weighted by Crippen LogP contribution is 2.36. The van der Waals surface area contributed by atoms with Crippen molar-refractivity contribution >= 4 is 11.3 Å². The first kappa shape index (κ1) is 10.7. The number of piperidine rings is 1. The van der Waals surface area contributed by atoms with Crippen LogP contribution in [0.4, 0.5) is 0 Å². The number of rotatable bonds is 2. The van der Waals surface area contributed by atoms with E-state index in [9.17, 15) is 0 Å². The van der Waals surface area contributed by atoms with Gasteiger partial charge >= 0.3 is 0 Å². The maximum Gasteiger partial charge on any atom is 0.107 e. The van der Waals surface area contributed by atoms with E-state index in [0.29, 0.717) is 6.04 Å². The van der Waals surface area contributed by atoms with E-state index in [1.165, 1.54) is 35.6 Å². The highest BCUT2D eigenvalue weighted by Gasteiger charge is 2.39. The molecule has 3 nitrogen and oxygen atoms in total. The summed E-state index contributed by atoms with van der Waals surface area (Å²) in [6.45, 7) is 3.17. The van der Waals surface area contributed by atoms with Gasteiger partial charge in [0.2, 0.25) is 0 Å². The number of nitrogens with two attached hydrogens (primary N) is 1. The molecule has 16 heavy (non-hydrogen) atoms. The summed E-state index contributed by atoms with van der Waals surface area (Å²) in [5, 5.41) is 1.27. The van der Waals surface area contributed by atoms with Crippen molar-refractivity contribution in [3.8, 4) is 0 Å². The topological polar surface area (TPSA) is 42.2 Å². The summed E-state index contributed by atoms with van der Waals surface area (Å²) in [5.41, 5.74) is 6.08. The SMILES string of the molecule is Cc1cnc(CN2C3CCC2CC(N)C3)s1. The molecule has 0 aromatic carbocycles. The van der Waals surface area contributed by atoms with Gasteiger partial charge in [-0.3, -0.25) is 4.90 Å². The van der Waals surface area contributed by atoms with Gasteiger partial charge < -0.3 is 5.73 Å². The Morgan fingerprint density at radius 3 is 2.69 bits per heavy atom. The van der Waals surface area contributed by atoms with Gasteiger partial charge in [0.1, 0.15) is 5.01 Å². The number of fused-ring (bicyclic) bond motifs is 2. The van der Waals surface area contributed by atoms with Crippen LogP contribution < -0.4 is 5.73 Å². The third-order valence-corrected chi connectivity index (χ3v) is 4.81. The Labute approximate surface area is 101 Å². The highest BCUT2D eigenvalue weighted by molar-refractivity contribution is 7.11. The molecule has 2 atom stereocenters. The molecule has 2 bridgehead atoms. The van der Waals surface area contributed by atoms with Gasteiger partial charge in [0.05, 0.1) is 6.54 Å². The van der Waals surface area contributed by atoms with Gasteiger partial charge in [-0.25, -0.2) is 4.98 Å². The summed E-state index contributed by atoms with van der Waals surface area (Å²) >= 11 is 1.83. The van der Waals surface area contributed by atoms with Crippen LogP contribution in [-0.4, -0.2) is 28.0 Å². The third kappa shape index (κ3) is 1.90. The molecular weight excluding hydrogens is 218 g/mol. The summed E-state index contributed by atoms with van der Waals surface area (Å²) in [6, 6.07) is 1.88. The molecule has 2 unspecified atom stereocenters. The van der Waals surface area contributed by atoms with E-state index in [-0.39, 0.29) is 0 Å². The molecule has 0 amide bonds. The maximum atomic E-state index is 6.08. The minimum Gasteiger partial charge on any atom is -0.328 e. The molecule has 0 aliphatic carbocycles. The van der Waals surface area contributed by atoms with Gasteiger partial charge in [-0.05, 0) is 32.6 Å². The van der Waals surface area contributed by atoms with Crippen LogP contribution in [0.5, 0.6) is 0 Å². The van der Waals surface area contributed by atoms with Crippen molar-refractivity contribution in [3.63, 3.8) is 0 Å². The van der Waals surface area contributed by atoms with Gasteiger partial charge in [0, 0.05) is 29.2 Å². The van der Waals surface area contributed by atoms with Crippen LogP contribution in [0.25, 0.3) is 0 Å². The van der Waals surface area contributed by atoms with Crippen LogP contribution in [0.1, 0.15) is 35.6 Å². The summed E-state index contributed by atoms with van der Waals surface area (Å²) in [6.07, 6.45) is 7.02. The van der Waals surface area contributed by atoms with E-state index in [1.807, 2.05) is 17.5 Å². The van der Waals surface area contributed by atoms with Crippen molar-refractivity contribution in [3.05, 3.63) is 16.1 Å². The minimum absolute atomic E-state index is 0.437. The van der Waals surface area contributed by atoms with Gasteiger partial charge in [-0.15, -0.1) is 11.3 Å². The second kappa shape index (κ2) is 4.09. The van der Waals surface area contributed by atoms with E-state index in [2.05, 4.69) is 16.8 Å². The Morgan fingerprint density at radius 2 is 2.12 bits per heavy atom. The van der Waals surface area contributed by atoms with Crippen molar-refractivity contribution < 1.29 is 0 Å². The normalized spacial score (nSPS) is 34.5. The average Bonchev–Trinajstić information content (AvgIpc) is 2.72. The Morgan fingerprint density at radius 1 is 1.44 bits per heavy atom. The third-order valence-electron chi connectivity index (χ3n) is 3.91. The van der Waals surface area contributed by atoms with Gasteiger partial charge in [0.15, 0.2) is 0 Å². The summed E-state index contributed by atoms with van der Waals surface area (Å²) in [5.74, 6) is 0. The van der Waals surface area contributed by atoms with E-state index >= 15 is 0 Å². The van der Waals surface area contributed by atoms with Crippen molar-refractivity contribution in [1.82, 2.24) is 9.88 Å². The fraction of sp³-hybridized carbons (Fsp3) is 0.750. The van der Waals surface area contributed by atoms with Crippen LogP contribution in [-0.2, 0) is 6.54 Å². The zero-order valence-corrected chi connectivity index (χ0v) is 10.5. The molecule has 4 heteroatoms. The lowest BCUT2D eigenvalue weighted by atomic mass is 9.98. The van der Waals surface area contributed by atoms with Crippen molar-refractivity contribution in [1.29, 1.82) is 0 Å². The fourth-order valence-corrected chi connectivity index (χ4v) is 4.00. The van der Waals surface area contributed by atoms with Gasteiger partial charge in [-0.2, -0.15) is 0 Å². The van der Waals surface area contributed by atoms with Gasteiger partial charge in [-0.1, -0.05) is 0 Å². The molecule has 3 heterocycles. The quantitative estimate of drug-likeness (QED) is 0.854. The van der Waals surface area contributed by atoms with E-state index in [0.717, 1.165) is 18.6 Å². The predicted molar refractivity (Wildman–Crippen MR) is 66.4 cm³/mol. The maximum absolute atomic E-state index is 6.08. The van der Waals surface area contributed by atoms with E-state index in [4.69, 9.17) is 5.73 Å². The number of hydrogen-bond donors (Lipinski definition) is 1. The fourth-order valence-electron chi connectivity index (χ4n) is 3.21. The van der Waals surface area contributed by atoms with E-state index < -0.39 is 0 Å². The molecule has 0 radical (unpaired) electrons. The molecule has 2 N–H and O–H groups in total. The van der Waals surface area contributed by atoms with Gasteiger partial charge in [0.25, 0.3) is 0 Å². The van der Waals surface area contributed by atoms with Crippen LogP contribution in [0.3, 0.4) is 0 Å². The zero-order valence-electron chi connectivity index (χ0n) is 9.72. The lowest BCUT2D eigenvalue weighted by Crippen LogP contribution is -2.46. The lowest BCUT2D eigenvalue weighted by Gasteiger charge is -2.37. The molecule has 1 aromatic rings. The largest absolute Gasteiger partial charge is 0.328 e. The standard InChI is InChI=1S/C12H19N3S/c1-8-6-14-12(16-8)7-15-10-2-3-11(15)5-9(13)4-10/h6,9-11H,2-5,7,13H2,1H3. The van der Waals surface area contributed by atoms with Crippen molar-refractivity contribution in [2.75, 3.05) is 0 Å². The number of hydrogen-bond acceptors (Lipinski definition) is 4. The molecule has 0 spiro atoms. The molecule has 2 aliphatic heterocycles. The first-order chi connectivity index (χ1) is 7.72. The molecule has 1 aromatic heterocycles. The highest BCUT2D eigenvalue weighted by atomic mass is 32.1. The summed E-state index contributed by atoms with van der Waals surface area (Å²) in [4.78, 5) is 8.43. The number of nitrogens with zero attached hydrogens (tertiary/aromatic N) is 2. The minimum atomic E-state index is 0.437. The number of aryl methyl sites for hydroxylation is 1. The van der Waals surface area contributed by atoms with Crippen LogP contribution in [0.15, 0.2) is 6.20 Å². The first-order valence-corrected chi connectivity index (χ1v) is 6.96. The molecule has 3 rings (SSSR count). The molecular formula is C12H19N3S. The van der Waals surface area contributed by atoms with Crippen LogP contribution in [0.2, 0.25) is 0 Å². The Bertz CT molecular complexity index is 362. The van der Waals surface area contributed by atoms with Crippen molar-refractivity contribution in [2.24, 2.45) is 5.73 Å². The number of aromatic nitrogens is 1. The average molecular weight is 237 g/mol. The molecule has 2 aliphatic rings. The van der Waals surface area contributed by atoms with Crippen LogP contribution in [0, 0.1) is 6.92 Å². The predicted octanol–water partition coefficient (Wildman–Crippen LogP) is 1.91. The summed E-state index contributed by atoms with van der Waals surface area (Å²) in [7, 11) is 0. The second-order valence-electron chi connectivity index (χ2n) is 5.15. The first-order valence-electron chi connectivity index (χ1n) is 6.15. The Kier molecular flexibility index (Phi) is 2.73. The second-order valence-corrected chi connectivity index (χ2v) is 6.47. The van der Waals surface area contributed by atoms with Crippen LogP contribution >= 0.6 is 11.3 Å². The van der Waals surface area contributed by atoms with Crippen molar-refractivity contribution in [2.45, 2.75) is 57.3 Å². The molecule has 2 saturated heterocycles. The monoisotopic (exact) mass is 237 g/mol. The molecule has 0 saturated carbocycles. The summed E-state index contributed by atoms with van der Waals surface area (Å²) < 4.78 is 0. The Hall–Kier alpha value is -0.450. The molecule has 88 valence electrons. The number of thiazole rings is 1.